The van der Waals surface area contributed by atoms with Gasteiger partial charge >= 0.3 is 0 Å². The minimum Gasteiger partial charge on any atom is -0.308 e. The van der Waals surface area contributed by atoms with Crippen molar-refractivity contribution in [2.75, 3.05) is 18.6 Å². The van der Waals surface area contributed by atoms with Gasteiger partial charge in [-0.2, -0.15) is 0 Å². The Morgan fingerprint density at radius 2 is 2.20 bits per heavy atom. The largest absolute Gasteiger partial charge is 0.308 e. The van der Waals surface area contributed by atoms with E-state index in [0.29, 0.717) is 5.75 Å². The molecule has 2 atom stereocenters. The van der Waals surface area contributed by atoms with Gasteiger partial charge in [0.1, 0.15) is 0 Å². The molecule has 15 heavy (non-hydrogen) atoms. The van der Waals surface area contributed by atoms with E-state index >= 15 is 0 Å². The summed E-state index contributed by atoms with van der Waals surface area (Å²) in [5, 5.41) is 4.44. The van der Waals surface area contributed by atoms with Crippen LogP contribution in [-0.4, -0.2) is 27.7 Å². The first kappa shape index (κ1) is 12.8. The van der Waals surface area contributed by atoms with Gasteiger partial charge in [-0.15, -0.1) is 11.3 Å². The fourth-order valence-electron chi connectivity index (χ4n) is 1.46. The van der Waals surface area contributed by atoms with Gasteiger partial charge < -0.3 is 5.32 Å². The van der Waals surface area contributed by atoms with Crippen LogP contribution in [0.5, 0.6) is 0 Å². The highest BCUT2D eigenvalue weighted by Crippen LogP contribution is 2.21. The minimum atomic E-state index is -0.719. The zero-order valence-electron chi connectivity index (χ0n) is 9.66. The van der Waals surface area contributed by atoms with E-state index in [2.05, 4.69) is 24.1 Å². The van der Waals surface area contributed by atoms with Crippen LogP contribution >= 0.6 is 11.3 Å². The quantitative estimate of drug-likeness (QED) is 0.861. The normalized spacial score (nSPS) is 15.2. The van der Waals surface area contributed by atoms with Gasteiger partial charge in [-0.3, -0.25) is 4.21 Å². The summed E-state index contributed by atoms with van der Waals surface area (Å²) < 4.78 is 10.9. The maximum Gasteiger partial charge on any atom is 0.0900 e. The summed E-state index contributed by atoms with van der Waals surface area (Å²) in [5.74, 6) is 0.701. The summed E-state index contributed by atoms with van der Waals surface area (Å²) in [5.41, 5.74) is 1.12. The molecule has 1 N–H and O–H groups in total. The van der Waals surface area contributed by atoms with Gasteiger partial charge in [-0.05, 0) is 20.8 Å². The Labute approximate surface area is 97.8 Å². The van der Waals surface area contributed by atoms with Crippen molar-refractivity contribution in [2.24, 2.45) is 0 Å². The van der Waals surface area contributed by atoms with Crippen LogP contribution in [0.25, 0.3) is 0 Å². The molecule has 3 nitrogen and oxygen atoms in total. The van der Waals surface area contributed by atoms with E-state index in [-0.39, 0.29) is 6.04 Å². The summed E-state index contributed by atoms with van der Waals surface area (Å²) in [7, 11) is -0.719. The number of thiazole rings is 1. The van der Waals surface area contributed by atoms with Crippen molar-refractivity contribution in [2.45, 2.75) is 26.8 Å². The molecule has 0 aliphatic heterocycles. The van der Waals surface area contributed by atoms with Crippen molar-refractivity contribution in [1.82, 2.24) is 10.3 Å². The fourth-order valence-corrected chi connectivity index (χ4v) is 2.78. The molecule has 1 aromatic rings. The lowest BCUT2D eigenvalue weighted by molar-refractivity contribution is 0.582. The molecule has 0 bridgehead atoms. The maximum atomic E-state index is 10.9. The predicted molar refractivity (Wildman–Crippen MR) is 66.9 cm³/mol. The van der Waals surface area contributed by atoms with E-state index in [1.54, 1.807) is 17.6 Å². The Morgan fingerprint density at radius 1 is 1.53 bits per heavy atom. The average Bonchev–Trinajstić information content (AvgIpc) is 2.44. The van der Waals surface area contributed by atoms with Gasteiger partial charge in [-0.1, -0.05) is 0 Å². The third-order valence-electron chi connectivity index (χ3n) is 2.19. The van der Waals surface area contributed by atoms with E-state index in [9.17, 15) is 4.21 Å². The lowest BCUT2D eigenvalue weighted by atomic mass is 10.2. The summed E-state index contributed by atoms with van der Waals surface area (Å²) in [6.45, 7) is 6.99. The number of nitrogens with one attached hydrogen (secondary N) is 1. The predicted octanol–water partition coefficient (Wildman–Crippen LogP) is 1.79. The monoisotopic (exact) mass is 246 g/mol. The Hall–Kier alpha value is -0.260. The number of nitrogens with zero attached hydrogens (tertiary/aromatic N) is 1. The van der Waals surface area contributed by atoms with E-state index in [1.807, 2.05) is 6.92 Å². The Kier molecular flexibility index (Phi) is 4.89. The molecule has 2 unspecified atom stereocenters. The van der Waals surface area contributed by atoms with Gasteiger partial charge in [0.25, 0.3) is 0 Å². The molecule has 0 spiro atoms. The van der Waals surface area contributed by atoms with Crippen molar-refractivity contribution in [3.05, 3.63) is 15.6 Å². The van der Waals surface area contributed by atoms with Crippen LogP contribution in [0.1, 0.15) is 28.5 Å². The lowest BCUT2D eigenvalue weighted by Gasteiger charge is -2.11. The van der Waals surface area contributed by atoms with Crippen molar-refractivity contribution >= 4 is 22.1 Å². The van der Waals surface area contributed by atoms with Crippen LogP contribution in [0.4, 0.5) is 0 Å². The van der Waals surface area contributed by atoms with Gasteiger partial charge in [0.05, 0.1) is 10.7 Å². The van der Waals surface area contributed by atoms with Crippen LogP contribution in [0.15, 0.2) is 0 Å². The smallest absolute Gasteiger partial charge is 0.0900 e. The molecule has 0 amide bonds. The highest BCUT2D eigenvalue weighted by atomic mass is 32.2. The van der Waals surface area contributed by atoms with Crippen molar-refractivity contribution in [1.29, 1.82) is 0 Å². The fraction of sp³-hybridized carbons (Fsp3) is 0.700. The molecular formula is C10H18N2OS2. The summed E-state index contributed by atoms with van der Waals surface area (Å²) in [6.07, 6.45) is 1.73. The molecule has 1 aromatic heterocycles. The maximum absolute atomic E-state index is 10.9. The van der Waals surface area contributed by atoms with E-state index in [1.165, 1.54) is 4.88 Å². The second-order valence-corrected chi connectivity index (χ2v) is 6.59. The van der Waals surface area contributed by atoms with Gasteiger partial charge in [-0.25, -0.2) is 4.98 Å². The molecule has 0 saturated heterocycles. The van der Waals surface area contributed by atoms with Gasteiger partial charge in [0, 0.05) is 40.3 Å². The summed E-state index contributed by atoms with van der Waals surface area (Å²) >= 11 is 1.73. The zero-order valence-corrected chi connectivity index (χ0v) is 11.3. The molecule has 1 heterocycles. The topological polar surface area (TPSA) is 42.0 Å². The van der Waals surface area contributed by atoms with Crippen LogP contribution in [0, 0.1) is 13.8 Å². The summed E-state index contributed by atoms with van der Waals surface area (Å²) in [4.78, 5) is 5.76. The average molecular weight is 246 g/mol. The Bertz CT molecular complexity index is 349. The van der Waals surface area contributed by atoms with Crippen LogP contribution in [0.2, 0.25) is 0 Å². The van der Waals surface area contributed by atoms with Crippen molar-refractivity contribution in [3.8, 4) is 0 Å². The second-order valence-electron chi connectivity index (χ2n) is 3.63. The van der Waals surface area contributed by atoms with E-state index in [4.69, 9.17) is 0 Å². The molecule has 0 aliphatic rings. The first-order chi connectivity index (χ1) is 7.00. The zero-order chi connectivity index (χ0) is 11.4. The number of rotatable bonds is 5. The van der Waals surface area contributed by atoms with Gasteiger partial charge in [0.2, 0.25) is 0 Å². The first-order valence-corrected chi connectivity index (χ1v) is 7.52. The molecule has 0 saturated carbocycles. The second kappa shape index (κ2) is 5.72. The third-order valence-corrected chi connectivity index (χ3v) is 3.87. The number of hydrogen-bond donors (Lipinski definition) is 1. The first-order valence-electron chi connectivity index (χ1n) is 4.98. The molecule has 0 aromatic carbocycles. The molecule has 0 fully saturated rings. The molecule has 1 rings (SSSR count). The summed E-state index contributed by atoms with van der Waals surface area (Å²) in [6, 6.07) is 0.249. The van der Waals surface area contributed by atoms with Crippen LogP contribution in [-0.2, 0) is 10.8 Å². The molecule has 86 valence electrons. The lowest BCUT2D eigenvalue weighted by Crippen LogP contribution is -2.24. The van der Waals surface area contributed by atoms with Crippen LogP contribution < -0.4 is 5.32 Å². The standard InChI is InChI=1S/C10H18N2OS2/c1-7(11-5-6-15(4)13)10-8(2)14-9(3)12-10/h7,11H,5-6H2,1-4H3. The van der Waals surface area contributed by atoms with Crippen molar-refractivity contribution < 1.29 is 4.21 Å². The number of hydrogen-bond acceptors (Lipinski definition) is 4. The number of aromatic nitrogens is 1. The van der Waals surface area contributed by atoms with E-state index < -0.39 is 10.8 Å². The molecule has 5 heteroatoms. The molecular weight excluding hydrogens is 228 g/mol. The minimum absolute atomic E-state index is 0.249. The molecule has 0 radical (unpaired) electrons. The number of aryl methyl sites for hydroxylation is 2. The SMILES string of the molecule is Cc1nc(C(C)NCCS(C)=O)c(C)s1. The van der Waals surface area contributed by atoms with Gasteiger partial charge in [0.15, 0.2) is 0 Å². The Morgan fingerprint density at radius 3 is 2.67 bits per heavy atom. The highest BCUT2D eigenvalue weighted by Gasteiger charge is 2.12. The third kappa shape index (κ3) is 4.01. The highest BCUT2D eigenvalue weighted by molar-refractivity contribution is 7.84. The van der Waals surface area contributed by atoms with Crippen LogP contribution in [0.3, 0.4) is 0 Å². The van der Waals surface area contributed by atoms with E-state index in [0.717, 1.165) is 17.2 Å². The molecule has 0 aliphatic carbocycles. The Balaban J connectivity index is 2.50. The van der Waals surface area contributed by atoms with Crippen molar-refractivity contribution in [3.63, 3.8) is 0 Å².